The smallest absolute Gasteiger partial charge is 0.113 e. The number of nitrogens with two attached hydrogens (primary N) is 1. The Morgan fingerprint density at radius 1 is 1.41 bits per heavy atom. The molecule has 2 N–H and O–H groups in total. The van der Waals surface area contributed by atoms with Crippen LogP contribution in [0.5, 0.6) is 0 Å². The maximum Gasteiger partial charge on any atom is 0.113 e. The summed E-state index contributed by atoms with van der Waals surface area (Å²) in [4.78, 5) is 6.05. The minimum atomic E-state index is -0.259. The first-order valence-electron chi connectivity index (χ1n) is 6.44. The van der Waals surface area contributed by atoms with Gasteiger partial charge >= 0.3 is 0 Å². The first-order chi connectivity index (χ1) is 8.00. The number of thiazole rings is 1. The number of hydrogen-bond donors (Lipinski definition) is 1. The van der Waals surface area contributed by atoms with E-state index in [2.05, 4.69) is 27.7 Å². The highest BCUT2D eigenvalue weighted by atomic mass is 32.1. The predicted molar refractivity (Wildman–Crippen MR) is 71.2 cm³/mol. The number of fused-ring (bicyclic) bond motifs is 1. The second-order valence-corrected chi connectivity index (χ2v) is 6.02. The average molecular weight is 254 g/mol. The van der Waals surface area contributed by atoms with Crippen molar-refractivity contribution in [1.82, 2.24) is 4.98 Å². The predicted octanol–water partition coefficient (Wildman–Crippen LogP) is 3.14. The molecule has 3 nitrogen and oxygen atoms in total. The third kappa shape index (κ3) is 2.26. The van der Waals surface area contributed by atoms with Gasteiger partial charge in [-0.2, -0.15) is 0 Å². The third-order valence-electron chi connectivity index (χ3n) is 3.70. The summed E-state index contributed by atoms with van der Waals surface area (Å²) in [6.45, 7) is 8.47. The lowest BCUT2D eigenvalue weighted by molar-refractivity contribution is -0.00320. The molecule has 2 unspecified atom stereocenters. The van der Waals surface area contributed by atoms with Crippen LogP contribution in [0, 0.1) is 0 Å². The molecule has 1 aromatic heterocycles. The van der Waals surface area contributed by atoms with Crippen LogP contribution in [0.3, 0.4) is 0 Å². The minimum absolute atomic E-state index is 0.165. The molecule has 0 radical (unpaired) electrons. The van der Waals surface area contributed by atoms with Crippen molar-refractivity contribution in [3.8, 4) is 0 Å². The molecule has 0 fully saturated rings. The molecule has 96 valence electrons. The molecule has 1 aliphatic rings. The van der Waals surface area contributed by atoms with Crippen molar-refractivity contribution >= 4 is 11.3 Å². The quantitative estimate of drug-likeness (QED) is 0.901. The Kier molecular flexibility index (Phi) is 3.57. The van der Waals surface area contributed by atoms with Gasteiger partial charge in [0, 0.05) is 6.42 Å². The van der Waals surface area contributed by atoms with E-state index in [0.29, 0.717) is 0 Å². The van der Waals surface area contributed by atoms with Crippen LogP contribution >= 0.6 is 11.3 Å². The van der Waals surface area contributed by atoms with E-state index in [-0.39, 0.29) is 17.7 Å². The van der Waals surface area contributed by atoms with Crippen molar-refractivity contribution < 1.29 is 4.74 Å². The zero-order valence-electron chi connectivity index (χ0n) is 11.1. The fourth-order valence-electron chi connectivity index (χ4n) is 2.32. The molecule has 0 aromatic carbocycles. The van der Waals surface area contributed by atoms with E-state index in [4.69, 9.17) is 15.5 Å². The van der Waals surface area contributed by atoms with Crippen molar-refractivity contribution in [3.05, 3.63) is 15.6 Å². The summed E-state index contributed by atoms with van der Waals surface area (Å²) < 4.78 is 5.84. The fraction of sp³-hybridized carbons (Fsp3) is 0.769. The van der Waals surface area contributed by atoms with E-state index in [1.54, 1.807) is 11.3 Å². The molecule has 0 spiro atoms. The molecule has 0 amide bonds. The SMILES string of the molecule is CCC(N)(CC)c1nc2c(s1)C(C)OC(C)C2. The summed E-state index contributed by atoms with van der Waals surface area (Å²) >= 11 is 1.74. The van der Waals surface area contributed by atoms with E-state index in [1.807, 2.05) is 0 Å². The van der Waals surface area contributed by atoms with Gasteiger partial charge < -0.3 is 10.5 Å². The monoisotopic (exact) mass is 254 g/mol. The van der Waals surface area contributed by atoms with E-state index in [1.165, 1.54) is 10.6 Å². The van der Waals surface area contributed by atoms with Crippen molar-refractivity contribution in [1.29, 1.82) is 0 Å². The van der Waals surface area contributed by atoms with Gasteiger partial charge in [-0.3, -0.25) is 0 Å². The number of nitrogens with zero attached hydrogens (tertiary/aromatic N) is 1. The van der Waals surface area contributed by atoms with Crippen LogP contribution in [-0.2, 0) is 16.7 Å². The highest BCUT2D eigenvalue weighted by molar-refractivity contribution is 7.12. The Hall–Kier alpha value is -0.450. The van der Waals surface area contributed by atoms with Gasteiger partial charge in [0.15, 0.2) is 0 Å². The van der Waals surface area contributed by atoms with Crippen LogP contribution in [-0.4, -0.2) is 11.1 Å². The number of rotatable bonds is 3. The van der Waals surface area contributed by atoms with Crippen LogP contribution in [0.15, 0.2) is 0 Å². The minimum Gasteiger partial charge on any atom is -0.370 e. The Balaban J connectivity index is 2.37. The normalized spacial score (nSPS) is 24.8. The Labute approximate surface area is 107 Å². The number of ether oxygens (including phenoxy) is 1. The van der Waals surface area contributed by atoms with E-state index >= 15 is 0 Å². The number of aromatic nitrogens is 1. The lowest BCUT2D eigenvalue weighted by atomic mass is 9.95. The van der Waals surface area contributed by atoms with Crippen molar-refractivity contribution in [2.24, 2.45) is 5.73 Å². The lowest BCUT2D eigenvalue weighted by Gasteiger charge is -2.24. The van der Waals surface area contributed by atoms with Crippen molar-refractivity contribution in [2.45, 2.75) is 64.7 Å². The third-order valence-corrected chi connectivity index (χ3v) is 5.18. The summed E-state index contributed by atoms with van der Waals surface area (Å²) in [6.07, 6.45) is 3.21. The van der Waals surface area contributed by atoms with Gasteiger partial charge in [0.1, 0.15) is 5.01 Å². The van der Waals surface area contributed by atoms with Gasteiger partial charge in [-0.05, 0) is 26.7 Å². The first kappa shape index (κ1) is 13.0. The summed E-state index contributed by atoms with van der Waals surface area (Å²) in [5.41, 5.74) is 7.36. The van der Waals surface area contributed by atoms with Crippen molar-refractivity contribution in [2.75, 3.05) is 0 Å². The molecule has 2 atom stereocenters. The van der Waals surface area contributed by atoms with Crippen LogP contribution in [0.2, 0.25) is 0 Å². The molecule has 4 heteroatoms. The van der Waals surface area contributed by atoms with Crippen LogP contribution < -0.4 is 5.73 Å². The highest BCUT2D eigenvalue weighted by Crippen LogP contribution is 2.38. The molecular weight excluding hydrogens is 232 g/mol. The molecule has 0 saturated carbocycles. The Morgan fingerprint density at radius 2 is 2.06 bits per heavy atom. The van der Waals surface area contributed by atoms with Gasteiger partial charge in [-0.15, -0.1) is 11.3 Å². The molecule has 2 rings (SSSR count). The largest absolute Gasteiger partial charge is 0.370 e. The summed E-state index contributed by atoms with van der Waals surface area (Å²) in [6, 6.07) is 0. The zero-order chi connectivity index (χ0) is 12.6. The van der Waals surface area contributed by atoms with Gasteiger partial charge in [-0.25, -0.2) is 4.98 Å². The molecule has 0 saturated heterocycles. The molecule has 1 aromatic rings. The summed E-state index contributed by atoms with van der Waals surface area (Å²) in [5.74, 6) is 0. The van der Waals surface area contributed by atoms with Gasteiger partial charge in [-0.1, -0.05) is 13.8 Å². The van der Waals surface area contributed by atoms with Crippen LogP contribution in [0.25, 0.3) is 0 Å². The maximum atomic E-state index is 6.42. The van der Waals surface area contributed by atoms with Crippen molar-refractivity contribution in [3.63, 3.8) is 0 Å². The second-order valence-electron chi connectivity index (χ2n) is 4.99. The standard InChI is InChI=1S/C13H22N2OS/c1-5-13(14,6-2)12-15-10-7-8(3)16-9(4)11(10)17-12/h8-9H,5-7,14H2,1-4H3. The molecule has 0 bridgehead atoms. The Bertz CT molecular complexity index is 398. The molecule has 2 heterocycles. The van der Waals surface area contributed by atoms with E-state index in [9.17, 15) is 0 Å². The molecule has 1 aliphatic heterocycles. The van der Waals surface area contributed by atoms with Crippen LogP contribution in [0.4, 0.5) is 0 Å². The van der Waals surface area contributed by atoms with Gasteiger partial charge in [0.05, 0.1) is 28.3 Å². The molecule has 0 aliphatic carbocycles. The number of hydrogen-bond acceptors (Lipinski definition) is 4. The van der Waals surface area contributed by atoms with E-state index < -0.39 is 0 Å². The topological polar surface area (TPSA) is 48.1 Å². The van der Waals surface area contributed by atoms with Gasteiger partial charge in [0.25, 0.3) is 0 Å². The van der Waals surface area contributed by atoms with Crippen LogP contribution in [0.1, 0.15) is 62.2 Å². The Morgan fingerprint density at radius 3 is 2.65 bits per heavy atom. The second kappa shape index (κ2) is 4.67. The molecular formula is C13H22N2OS. The average Bonchev–Trinajstić information content (AvgIpc) is 2.72. The summed E-state index contributed by atoms with van der Waals surface area (Å²) in [7, 11) is 0. The zero-order valence-corrected chi connectivity index (χ0v) is 11.9. The van der Waals surface area contributed by atoms with E-state index in [0.717, 1.165) is 24.3 Å². The van der Waals surface area contributed by atoms with Gasteiger partial charge in [0.2, 0.25) is 0 Å². The highest BCUT2D eigenvalue weighted by Gasteiger charge is 2.32. The lowest BCUT2D eigenvalue weighted by Crippen LogP contribution is -2.35. The summed E-state index contributed by atoms with van der Waals surface area (Å²) in [5, 5.41) is 1.08. The fourth-order valence-corrected chi connectivity index (χ4v) is 3.65. The first-order valence-corrected chi connectivity index (χ1v) is 7.26. The maximum absolute atomic E-state index is 6.42. The molecule has 17 heavy (non-hydrogen) atoms.